The molecule has 0 aromatic rings. The first-order valence-corrected chi connectivity index (χ1v) is 7.63. The first-order valence-electron chi connectivity index (χ1n) is 7.63. The van der Waals surface area contributed by atoms with Crippen molar-refractivity contribution in [1.29, 1.82) is 0 Å². The lowest BCUT2D eigenvalue weighted by atomic mass is 9.56. The van der Waals surface area contributed by atoms with E-state index in [9.17, 15) is 0 Å². The van der Waals surface area contributed by atoms with E-state index in [1.54, 1.807) is 38.5 Å². The summed E-state index contributed by atoms with van der Waals surface area (Å²) in [5.41, 5.74) is 0. The largest absolute Gasteiger partial charge is 0.0776 e. The van der Waals surface area contributed by atoms with Crippen molar-refractivity contribution >= 4 is 0 Å². The molecule has 0 heterocycles. The molecule has 0 aromatic heterocycles. The van der Waals surface area contributed by atoms with Gasteiger partial charge in [0, 0.05) is 0 Å². The zero-order chi connectivity index (χ0) is 12.1. The lowest BCUT2D eigenvalue weighted by molar-refractivity contribution is 0.0198. The van der Waals surface area contributed by atoms with Gasteiger partial charge in [0.2, 0.25) is 0 Å². The molecule has 4 saturated carbocycles. The average Bonchev–Trinajstić information content (AvgIpc) is 2.17. The van der Waals surface area contributed by atoms with Crippen LogP contribution in [-0.4, -0.2) is 0 Å². The van der Waals surface area contributed by atoms with Crippen LogP contribution in [0, 0.1) is 29.6 Å². The second-order valence-corrected chi connectivity index (χ2v) is 6.61. The molecule has 4 bridgehead atoms. The molecule has 0 saturated heterocycles. The molecule has 104 valence electrons. The summed E-state index contributed by atoms with van der Waals surface area (Å²) in [4.78, 5) is 0. The molecule has 4 rings (SSSR count). The van der Waals surface area contributed by atoms with Gasteiger partial charge >= 0.3 is 0 Å². The first kappa shape index (κ1) is 17.0. The monoisotopic (exact) mass is 240 g/mol. The minimum atomic E-state index is 0. The Kier molecular flexibility index (Phi) is 8.16. The Labute approximate surface area is 111 Å². The van der Waals surface area contributed by atoms with Crippen LogP contribution in [0.5, 0.6) is 0 Å². The van der Waals surface area contributed by atoms with E-state index in [0.29, 0.717) is 0 Å². The maximum absolute atomic E-state index is 2.17. The molecule has 0 atom stereocenters. The molecule has 0 heteroatoms. The molecule has 0 unspecified atom stereocenters. The van der Waals surface area contributed by atoms with Crippen LogP contribution in [0.3, 0.4) is 0 Å². The van der Waals surface area contributed by atoms with Gasteiger partial charge in [0.15, 0.2) is 0 Å². The molecule has 0 aliphatic heterocycles. The minimum absolute atomic E-state index is 0. The van der Waals surface area contributed by atoms with Crippen molar-refractivity contribution in [3.63, 3.8) is 0 Å². The molecule has 4 aliphatic rings. The van der Waals surface area contributed by atoms with Crippen molar-refractivity contribution in [3.8, 4) is 0 Å². The molecular formula is C17H36. The molecule has 0 spiro atoms. The maximum Gasteiger partial charge on any atom is -0.0406 e. The summed E-state index contributed by atoms with van der Waals surface area (Å²) in [5.74, 6) is 5.54. The highest BCUT2D eigenvalue weighted by Crippen LogP contribution is 2.53. The summed E-state index contributed by atoms with van der Waals surface area (Å²) in [6, 6.07) is 0. The fourth-order valence-corrected chi connectivity index (χ4v) is 3.98. The van der Waals surface area contributed by atoms with Gasteiger partial charge in [0.05, 0.1) is 0 Å². The maximum atomic E-state index is 2.17. The van der Waals surface area contributed by atoms with Crippen molar-refractivity contribution in [2.45, 2.75) is 80.6 Å². The predicted octanol–water partition coefficient (Wildman–Crippen LogP) is 6.16. The summed E-state index contributed by atoms with van der Waals surface area (Å²) in [7, 11) is 0. The zero-order valence-electron chi connectivity index (χ0n) is 12.1. The Hall–Kier alpha value is 0. The van der Waals surface area contributed by atoms with E-state index in [2.05, 4.69) is 20.8 Å². The fraction of sp³-hybridized carbons (Fsp3) is 1.00. The molecule has 17 heavy (non-hydrogen) atoms. The molecule has 4 aliphatic carbocycles. The number of hydrogen-bond acceptors (Lipinski definition) is 0. The molecule has 4 fully saturated rings. The lowest BCUT2D eigenvalue weighted by Crippen LogP contribution is -2.38. The van der Waals surface area contributed by atoms with Crippen LogP contribution in [0.25, 0.3) is 0 Å². The molecular weight excluding hydrogens is 204 g/mol. The van der Waals surface area contributed by atoms with Crippen LogP contribution in [-0.2, 0) is 0 Å². The summed E-state index contributed by atoms with van der Waals surface area (Å²) >= 11 is 0. The second kappa shape index (κ2) is 8.16. The van der Waals surface area contributed by atoms with E-state index in [4.69, 9.17) is 0 Å². The molecule has 0 nitrogen and oxygen atoms in total. The molecule has 0 aromatic carbocycles. The van der Waals surface area contributed by atoms with Gasteiger partial charge in [-0.15, -0.1) is 0 Å². The van der Waals surface area contributed by atoms with Gasteiger partial charge in [-0.25, -0.2) is 0 Å². The summed E-state index contributed by atoms with van der Waals surface area (Å²) < 4.78 is 0. The van der Waals surface area contributed by atoms with E-state index >= 15 is 0 Å². The summed E-state index contributed by atoms with van der Waals surface area (Å²) in [6.07, 6.45) is 9.62. The third-order valence-electron chi connectivity index (χ3n) is 4.00. The average molecular weight is 240 g/mol. The standard InChI is InChI=1S/C10H16.C4H10.C2H6.CH4/c1-7-2-9-4-8(1)5-10(3-7)6-9;1-4(2)3;1-2;/h7-10H,1-6H2;4H,1-3H3;1-2H3;1H4. The van der Waals surface area contributed by atoms with Gasteiger partial charge in [-0.1, -0.05) is 42.0 Å². The highest BCUT2D eigenvalue weighted by molar-refractivity contribution is 4.92. The minimum Gasteiger partial charge on any atom is -0.0776 e. The van der Waals surface area contributed by atoms with Crippen LogP contribution in [0.4, 0.5) is 0 Å². The van der Waals surface area contributed by atoms with Crippen LogP contribution in [0.15, 0.2) is 0 Å². The van der Waals surface area contributed by atoms with Crippen molar-refractivity contribution < 1.29 is 0 Å². The van der Waals surface area contributed by atoms with Crippen LogP contribution in [0.1, 0.15) is 80.6 Å². The highest BCUT2D eigenvalue weighted by atomic mass is 14.5. The van der Waals surface area contributed by atoms with Crippen LogP contribution >= 0.6 is 0 Å². The third kappa shape index (κ3) is 5.44. The molecule has 0 amide bonds. The quantitative estimate of drug-likeness (QED) is 0.476. The Balaban J connectivity index is 0.000000322. The van der Waals surface area contributed by atoms with Crippen molar-refractivity contribution in [2.75, 3.05) is 0 Å². The van der Waals surface area contributed by atoms with E-state index < -0.39 is 0 Å². The van der Waals surface area contributed by atoms with Crippen LogP contribution < -0.4 is 0 Å². The lowest BCUT2D eigenvalue weighted by Gasteiger charge is -2.49. The van der Waals surface area contributed by atoms with E-state index in [1.807, 2.05) is 13.8 Å². The Morgan fingerprint density at radius 2 is 0.706 bits per heavy atom. The molecule has 0 radical (unpaired) electrons. The normalized spacial score (nSPS) is 36.4. The highest BCUT2D eigenvalue weighted by Gasteiger charge is 2.41. The van der Waals surface area contributed by atoms with Gasteiger partial charge in [0.1, 0.15) is 0 Å². The van der Waals surface area contributed by atoms with Crippen molar-refractivity contribution in [1.82, 2.24) is 0 Å². The third-order valence-corrected chi connectivity index (χ3v) is 4.00. The summed E-state index contributed by atoms with van der Waals surface area (Å²) in [6.45, 7) is 10.5. The van der Waals surface area contributed by atoms with Gasteiger partial charge in [-0.05, 0) is 68.1 Å². The van der Waals surface area contributed by atoms with Gasteiger partial charge in [0.25, 0.3) is 0 Å². The Morgan fingerprint density at radius 1 is 0.588 bits per heavy atom. The first-order chi connectivity index (χ1) is 7.63. The fourth-order valence-electron chi connectivity index (χ4n) is 3.98. The van der Waals surface area contributed by atoms with Crippen molar-refractivity contribution in [2.24, 2.45) is 29.6 Å². The smallest absolute Gasteiger partial charge is 0.0406 e. The molecule has 0 N–H and O–H groups in total. The van der Waals surface area contributed by atoms with E-state index in [0.717, 1.165) is 5.92 Å². The van der Waals surface area contributed by atoms with E-state index in [-0.39, 0.29) is 7.43 Å². The van der Waals surface area contributed by atoms with Gasteiger partial charge in [-0.2, -0.15) is 0 Å². The van der Waals surface area contributed by atoms with Gasteiger partial charge in [-0.3, -0.25) is 0 Å². The number of rotatable bonds is 0. The predicted molar refractivity (Wildman–Crippen MR) is 80.3 cm³/mol. The van der Waals surface area contributed by atoms with Crippen molar-refractivity contribution in [3.05, 3.63) is 0 Å². The van der Waals surface area contributed by atoms with Crippen LogP contribution in [0.2, 0.25) is 0 Å². The summed E-state index contributed by atoms with van der Waals surface area (Å²) in [5, 5.41) is 0. The topological polar surface area (TPSA) is 0 Å². The SMILES string of the molecule is C.C1C2CC3CC1CC(C2)C3.CC.CC(C)C. The van der Waals surface area contributed by atoms with E-state index in [1.165, 1.54) is 23.7 Å². The number of hydrogen-bond donors (Lipinski definition) is 0. The zero-order valence-corrected chi connectivity index (χ0v) is 12.1. The second-order valence-electron chi connectivity index (χ2n) is 6.61. The Morgan fingerprint density at radius 3 is 0.824 bits per heavy atom. The van der Waals surface area contributed by atoms with Gasteiger partial charge < -0.3 is 0 Å². The Bertz CT molecular complexity index is 121.